The van der Waals surface area contributed by atoms with Crippen LogP contribution < -0.4 is 10.6 Å². The number of amides is 3. The Labute approximate surface area is 126 Å². The summed E-state index contributed by atoms with van der Waals surface area (Å²) in [6.07, 6.45) is 4.27. The molecule has 0 unspecified atom stereocenters. The molecule has 2 fully saturated rings. The molecule has 2 aliphatic rings. The Kier molecular flexibility index (Phi) is 5.08. The van der Waals surface area contributed by atoms with Gasteiger partial charge < -0.3 is 20.3 Å². The average molecular weight is 297 g/mol. The second-order valence-electron chi connectivity index (χ2n) is 6.91. The van der Waals surface area contributed by atoms with Crippen molar-refractivity contribution in [2.24, 2.45) is 0 Å². The zero-order valence-electron chi connectivity index (χ0n) is 13.3. The van der Waals surface area contributed by atoms with Crippen molar-refractivity contribution in [3.8, 4) is 0 Å². The maximum absolute atomic E-state index is 12.3. The third-order valence-corrected chi connectivity index (χ3v) is 3.87. The highest BCUT2D eigenvalue weighted by Gasteiger charge is 2.36. The van der Waals surface area contributed by atoms with Gasteiger partial charge in [0, 0.05) is 18.7 Å². The lowest BCUT2D eigenvalue weighted by Gasteiger charge is -2.29. The first-order chi connectivity index (χ1) is 9.87. The summed E-state index contributed by atoms with van der Waals surface area (Å²) in [4.78, 5) is 25.8. The van der Waals surface area contributed by atoms with Crippen LogP contribution in [0.15, 0.2) is 0 Å². The maximum Gasteiger partial charge on any atom is 0.318 e. The van der Waals surface area contributed by atoms with Gasteiger partial charge in [-0.3, -0.25) is 4.79 Å². The van der Waals surface area contributed by atoms with E-state index < -0.39 is 0 Å². The molecule has 0 aromatic carbocycles. The summed E-state index contributed by atoms with van der Waals surface area (Å²) in [5.41, 5.74) is -0.282. The number of urea groups is 1. The van der Waals surface area contributed by atoms with Crippen LogP contribution in [0.5, 0.6) is 0 Å². The first kappa shape index (κ1) is 16.1. The fraction of sp³-hybridized carbons (Fsp3) is 0.867. The van der Waals surface area contributed by atoms with Gasteiger partial charge in [-0.15, -0.1) is 0 Å². The number of rotatable bonds is 3. The fourth-order valence-electron chi connectivity index (χ4n) is 3.06. The second-order valence-corrected chi connectivity index (χ2v) is 6.91. The molecule has 6 heteroatoms. The van der Waals surface area contributed by atoms with Gasteiger partial charge in [-0.2, -0.15) is 0 Å². The Hall–Kier alpha value is -1.30. The summed E-state index contributed by atoms with van der Waals surface area (Å²) < 4.78 is 5.71. The van der Waals surface area contributed by atoms with Gasteiger partial charge in [0.15, 0.2) is 0 Å². The van der Waals surface area contributed by atoms with Crippen LogP contribution in [0.1, 0.15) is 46.5 Å². The molecule has 2 saturated heterocycles. The van der Waals surface area contributed by atoms with Gasteiger partial charge in [0.2, 0.25) is 5.91 Å². The lowest BCUT2D eigenvalue weighted by atomic mass is 10.1. The Balaban J connectivity index is 1.80. The molecule has 21 heavy (non-hydrogen) atoms. The third-order valence-electron chi connectivity index (χ3n) is 3.87. The molecule has 6 nitrogen and oxygen atoms in total. The molecular formula is C15H27N3O3. The highest BCUT2D eigenvalue weighted by molar-refractivity contribution is 5.84. The van der Waals surface area contributed by atoms with Gasteiger partial charge in [-0.1, -0.05) is 0 Å². The second kappa shape index (κ2) is 6.64. The van der Waals surface area contributed by atoms with E-state index in [-0.39, 0.29) is 36.2 Å². The van der Waals surface area contributed by atoms with E-state index in [1.165, 1.54) is 0 Å². The predicted octanol–water partition coefficient (Wildman–Crippen LogP) is 1.25. The van der Waals surface area contributed by atoms with Gasteiger partial charge in [0.05, 0.1) is 18.7 Å². The van der Waals surface area contributed by atoms with Crippen molar-refractivity contribution in [1.82, 2.24) is 15.5 Å². The minimum absolute atomic E-state index is 0.0187. The molecule has 120 valence electrons. The summed E-state index contributed by atoms with van der Waals surface area (Å²) in [6, 6.07) is 0.00948. The van der Waals surface area contributed by atoms with E-state index in [2.05, 4.69) is 10.6 Å². The molecule has 0 aliphatic carbocycles. The summed E-state index contributed by atoms with van der Waals surface area (Å²) in [6.45, 7) is 7.31. The molecule has 3 amide bonds. The topological polar surface area (TPSA) is 70.7 Å². The van der Waals surface area contributed by atoms with Crippen LogP contribution >= 0.6 is 0 Å². The maximum atomic E-state index is 12.3. The van der Waals surface area contributed by atoms with Crippen molar-refractivity contribution in [3.63, 3.8) is 0 Å². The van der Waals surface area contributed by atoms with Crippen molar-refractivity contribution in [3.05, 3.63) is 0 Å². The van der Waals surface area contributed by atoms with Crippen molar-refractivity contribution in [1.29, 1.82) is 0 Å². The largest absolute Gasteiger partial charge is 0.376 e. The number of carbonyl (C=O) groups is 2. The summed E-state index contributed by atoms with van der Waals surface area (Å²) in [5, 5.41) is 5.55. The number of hydrogen-bond donors (Lipinski definition) is 2. The molecular weight excluding hydrogens is 270 g/mol. The Bertz CT molecular complexity index is 386. The van der Waals surface area contributed by atoms with E-state index in [0.29, 0.717) is 0 Å². The highest BCUT2D eigenvalue weighted by atomic mass is 16.5. The summed E-state index contributed by atoms with van der Waals surface area (Å²) >= 11 is 0. The predicted molar refractivity (Wildman–Crippen MR) is 80.0 cm³/mol. The molecule has 0 aromatic rings. The smallest absolute Gasteiger partial charge is 0.318 e. The zero-order valence-corrected chi connectivity index (χ0v) is 13.3. The molecule has 0 radical (unpaired) electrons. The van der Waals surface area contributed by atoms with Crippen molar-refractivity contribution >= 4 is 11.9 Å². The van der Waals surface area contributed by atoms with Crippen LogP contribution in [-0.4, -0.2) is 54.2 Å². The van der Waals surface area contributed by atoms with E-state index in [1.807, 2.05) is 25.7 Å². The number of hydrogen-bond acceptors (Lipinski definition) is 3. The minimum atomic E-state index is -0.282. The van der Waals surface area contributed by atoms with Crippen LogP contribution in [0.4, 0.5) is 4.79 Å². The molecule has 2 N–H and O–H groups in total. The highest BCUT2D eigenvalue weighted by Crippen LogP contribution is 2.27. The molecule has 2 atom stereocenters. The van der Waals surface area contributed by atoms with Crippen LogP contribution in [-0.2, 0) is 9.53 Å². The first-order valence-electron chi connectivity index (χ1n) is 7.84. The Morgan fingerprint density at radius 2 is 2.00 bits per heavy atom. The van der Waals surface area contributed by atoms with Gasteiger partial charge in [0.25, 0.3) is 0 Å². The molecule has 2 heterocycles. The van der Waals surface area contributed by atoms with Crippen LogP contribution in [0.25, 0.3) is 0 Å². The van der Waals surface area contributed by atoms with Gasteiger partial charge in [-0.05, 0) is 46.5 Å². The first-order valence-corrected chi connectivity index (χ1v) is 7.84. The van der Waals surface area contributed by atoms with Gasteiger partial charge >= 0.3 is 6.03 Å². The monoisotopic (exact) mass is 297 g/mol. The normalized spacial score (nSPS) is 26.0. The third kappa shape index (κ3) is 4.59. The SMILES string of the molecule is CC(C)(C)NC(=O)CNC(=O)N1CCC[C@@H]1[C@@H]1CCCO1. The van der Waals surface area contributed by atoms with E-state index in [4.69, 9.17) is 4.74 Å². The zero-order chi connectivity index (χ0) is 15.5. The van der Waals surface area contributed by atoms with Crippen molar-refractivity contribution in [2.75, 3.05) is 19.7 Å². The van der Waals surface area contributed by atoms with Crippen LogP contribution in [0, 0.1) is 0 Å². The van der Waals surface area contributed by atoms with Crippen LogP contribution in [0.2, 0.25) is 0 Å². The van der Waals surface area contributed by atoms with Gasteiger partial charge in [0.1, 0.15) is 0 Å². The molecule has 0 spiro atoms. The van der Waals surface area contributed by atoms with E-state index in [9.17, 15) is 9.59 Å². The molecule has 2 aliphatic heterocycles. The van der Waals surface area contributed by atoms with Crippen molar-refractivity contribution < 1.29 is 14.3 Å². The lowest BCUT2D eigenvalue weighted by molar-refractivity contribution is -0.121. The number of nitrogens with one attached hydrogen (secondary N) is 2. The number of ether oxygens (including phenoxy) is 1. The van der Waals surface area contributed by atoms with E-state index >= 15 is 0 Å². The van der Waals surface area contributed by atoms with E-state index in [0.717, 1.165) is 38.8 Å². The van der Waals surface area contributed by atoms with Crippen molar-refractivity contribution in [2.45, 2.75) is 64.1 Å². The van der Waals surface area contributed by atoms with Gasteiger partial charge in [-0.25, -0.2) is 4.79 Å². The standard InChI is InChI=1S/C15H27N3O3/c1-15(2,3)17-13(19)10-16-14(20)18-8-4-6-11(18)12-7-5-9-21-12/h11-12H,4-10H2,1-3H3,(H,16,20)(H,17,19)/t11-,12+/m1/s1. The molecule has 0 bridgehead atoms. The lowest BCUT2D eigenvalue weighted by Crippen LogP contribution is -2.51. The number of carbonyl (C=O) groups excluding carboxylic acids is 2. The Morgan fingerprint density at radius 1 is 1.24 bits per heavy atom. The van der Waals surface area contributed by atoms with E-state index in [1.54, 1.807) is 0 Å². The molecule has 2 rings (SSSR count). The van der Waals surface area contributed by atoms with Crippen LogP contribution in [0.3, 0.4) is 0 Å². The molecule has 0 saturated carbocycles. The summed E-state index contributed by atoms with van der Waals surface area (Å²) in [5.74, 6) is -0.163. The quantitative estimate of drug-likeness (QED) is 0.824. The average Bonchev–Trinajstić information content (AvgIpc) is 3.03. The number of nitrogens with zero attached hydrogens (tertiary/aromatic N) is 1. The minimum Gasteiger partial charge on any atom is -0.376 e. The fourth-order valence-corrected chi connectivity index (χ4v) is 3.06. The Morgan fingerprint density at radius 3 is 2.62 bits per heavy atom. The summed E-state index contributed by atoms with van der Waals surface area (Å²) in [7, 11) is 0. The molecule has 0 aromatic heterocycles. The number of likely N-dealkylation sites (tertiary alicyclic amines) is 1.